The van der Waals surface area contributed by atoms with Crippen molar-refractivity contribution in [2.24, 2.45) is 0 Å². The summed E-state index contributed by atoms with van der Waals surface area (Å²) in [6.45, 7) is 1.72. The molecule has 0 fully saturated rings. The van der Waals surface area contributed by atoms with Crippen molar-refractivity contribution >= 4 is 0 Å². The van der Waals surface area contributed by atoms with Crippen LogP contribution in [0.1, 0.15) is 17.0 Å². The van der Waals surface area contributed by atoms with E-state index in [2.05, 4.69) is 4.98 Å². The highest BCUT2D eigenvalue weighted by Gasteiger charge is 2.29. The van der Waals surface area contributed by atoms with Crippen molar-refractivity contribution in [1.82, 2.24) is 4.98 Å². The summed E-state index contributed by atoms with van der Waals surface area (Å²) in [6.07, 6.45) is -4.34. The third-order valence-electron chi connectivity index (χ3n) is 2.72. The number of pyridine rings is 1. The molecule has 0 aliphatic carbocycles. The molecule has 5 heteroatoms. The molecule has 0 atom stereocenters. The molecule has 0 radical (unpaired) electrons. The van der Waals surface area contributed by atoms with Gasteiger partial charge in [-0.2, -0.15) is 18.4 Å². The Labute approximate surface area is 108 Å². The highest BCUT2D eigenvalue weighted by molar-refractivity contribution is 5.66. The van der Waals surface area contributed by atoms with Crippen molar-refractivity contribution in [3.05, 3.63) is 53.3 Å². The van der Waals surface area contributed by atoms with Crippen LogP contribution in [-0.4, -0.2) is 4.98 Å². The molecule has 0 saturated heterocycles. The fraction of sp³-hybridized carbons (Fsp3) is 0.143. The summed E-state index contributed by atoms with van der Waals surface area (Å²) in [5, 5.41) is 8.71. The summed E-state index contributed by atoms with van der Waals surface area (Å²) in [7, 11) is 0. The highest BCUT2D eigenvalue weighted by atomic mass is 19.4. The van der Waals surface area contributed by atoms with Gasteiger partial charge in [0.2, 0.25) is 0 Å². The predicted octanol–water partition coefficient (Wildman–Crippen LogP) is 3.95. The Hall–Kier alpha value is -2.35. The smallest absolute Gasteiger partial charge is 0.242 e. The first-order valence-electron chi connectivity index (χ1n) is 5.47. The minimum Gasteiger partial charge on any atom is -0.242 e. The van der Waals surface area contributed by atoms with Gasteiger partial charge in [-0.3, -0.25) is 0 Å². The molecule has 1 aromatic carbocycles. The predicted molar refractivity (Wildman–Crippen MR) is 64.1 cm³/mol. The van der Waals surface area contributed by atoms with Gasteiger partial charge in [-0.15, -0.1) is 0 Å². The summed E-state index contributed by atoms with van der Waals surface area (Å²) in [6, 6.07) is 10.0. The molecule has 96 valence electrons. The standard InChI is InChI=1S/C14H9F3N2/c1-9-13(7-6-12(8-18)19-9)10-2-4-11(5-3-10)14(15,16)17/h2-7H,1H3. The lowest BCUT2D eigenvalue weighted by atomic mass is 10.0. The molecule has 2 rings (SSSR count). The molecular formula is C14H9F3N2. The first-order chi connectivity index (χ1) is 8.91. The number of nitrogens with zero attached hydrogens (tertiary/aromatic N) is 2. The molecule has 0 aliphatic heterocycles. The van der Waals surface area contributed by atoms with Gasteiger partial charge in [0, 0.05) is 11.3 Å². The second kappa shape index (κ2) is 4.73. The van der Waals surface area contributed by atoms with Crippen molar-refractivity contribution in [1.29, 1.82) is 5.26 Å². The van der Waals surface area contributed by atoms with Crippen molar-refractivity contribution < 1.29 is 13.2 Å². The second-order valence-electron chi connectivity index (χ2n) is 4.02. The van der Waals surface area contributed by atoms with Gasteiger partial charge in [-0.25, -0.2) is 4.98 Å². The van der Waals surface area contributed by atoms with Gasteiger partial charge < -0.3 is 0 Å². The highest BCUT2D eigenvalue weighted by Crippen LogP contribution is 2.31. The van der Waals surface area contributed by atoms with E-state index in [4.69, 9.17) is 5.26 Å². The summed E-state index contributed by atoms with van der Waals surface area (Å²) in [5.41, 5.74) is 1.57. The Morgan fingerprint density at radius 1 is 1.05 bits per heavy atom. The van der Waals surface area contributed by atoms with Crippen LogP contribution in [0.5, 0.6) is 0 Å². The van der Waals surface area contributed by atoms with Crippen LogP contribution in [-0.2, 0) is 6.18 Å². The first-order valence-corrected chi connectivity index (χ1v) is 5.47. The maximum absolute atomic E-state index is 12.5. The van der Waals surface area contributed by atoms with Gasteiger partial charge in [-0.05, 0) is 36.8 Å². The topological polar surface area (TPSA) is 36.7 Å². The van der Waals surface area contributed by atoms with Crippen LogP contribution in [0.2, 0.25) is 0 Å². The van der Waals surface area contributed by atoms with Gasteiger partial charge in [0.1, 0.15) is 11.8 Å². The molecule has 0 unspecified atom stereocenters. The van der Waals surface area contributed by atoms with Gasteiger partial charge in [0.05, 0.1) is 5.56 Å². The maximum Gasteiger partial charge on any atom is 0.416 e. The first kappa shape index (κ1) is 13.1. The van der Waals surface area contributed by atoms with E-state index in [-0.39, 0.29) is 5.69 Å². The minimum atomic E-state index is -4.34. The third kappa shape index (κ3) is 2.74. The number of nitriles is 1. The molecule has 0 N–H and O–H groups in total. The summed E-state index contributed by atoms with van der Waals surface area (Å²) in [5.74, 6) is 0. The van der Waals surface area contributed by atoms with Gasteiger partial charge in [-0.1, -0.05) is 12.1 Å². The SMILES string of the molecule is Cc1nc(C#N)ccc1-c1ccc(C(F)(F)F)cc1. The average molecular weight is 262 g/mol. The van der Waals surface area contributed by atoms with E-state index in [1.165, 1.54) is 12.1 Å². The summed E-state index contributed by atoms with van der Waals surface area (Å²) >= 11 is 0. The molecule has 2 aromatic rings. The lowest BCUT2D eigenvalue weighted by molar-refractivity contribution is -0.137. The molecule has 19 heavy (non-hydrogen) atoms. The van der Waals surface area contributed by atoms with Crippen LogP contribution in [0.4, 0.5) is 13.2 Å². The van der Waals surface area contributed by atoms with E-state index >= 15 is 0 Å². The van der Waals surface area contributed by atoms with Gasteiger partial charge in [0.25, 0.3) is 0 Å². The van der Waals surface area contributed by atoms with E-state index in [9.17, 15) is 13.2 Å². The van der Waals surface area contributed by atoms with E-state index in [0.717, 1.165) is 12.1 Å². The quantitative estimate of drug-likeness (QED) is 0.780. The normalized spacial score (nSPS) is 11.1. The lowest BCUT2D eigenvalue weighted by Crippen LogP contribution is -2.04. The number of rotatable bonds is 1. The second-order valence-corrected chi connectivity index (χ2v) is 4.02. The number of hydrogen-bond donors (Lipinski definition) is 0. The number of hydrogen-bond acceptors (Lipinski definition) is 2. The summed E-state index contributed by atoms with van der Waals surface area (Å²) < 4.78 is 37.4. The van der Waals surface area contributed by atoms with E-state index in [1.54, 1.807) is 19.1 Å². The van der Waals surface area contributed by atoms with Crippen molar-refractivity contribution in [3.63, 3.8) is 0 Å². The summed E-state index contributed by atoms with van der Waals surface area (Å²) in [4.78, 5) is 4.06. The zero-order valence-electron chi connectivity index (χ0n) is 9.99. The molecular weight excluding hydrogens is 253 g/mol. The van der Waals surface area contributed by atoms with E-state index in [1.807, 2.05) is 6.07 Å². The lowest BCUT2D eigenvalue weighted by Gasteiger charge is -2.09. The number of aromatic nitrogens is 1. The fourth-order valence-electron chi connectivity index (χ4n) is 1.77. The van der Waals surface area contributed by atoms with Crippen LogP contribution in [0.15, 0.2) is 36.4 Å². The Balaban J connectivity index is 2.41. The van der Waals surface area contributed by atoms with Crippen molar-refractivity contribution in [2.45, 2.75) is 13.1 Å². The average Bonchev–Trinajstić information content (AvgIpc) is 2.37. The van der Waals surface area contributed by atoms with Crippen molar-refractivity contribution in [2.75, 3.05) is 0 Å². The molecule has 0 spiro atoms. The Bertz CT molecular complexity index is 637. The number of aryl methyl sites for hydroxylation is 1. The monoisotopic (exact) mass is 262 g/mol. The zero-order chi connectivity index (χ0) is 14.0. The molecule has 2 nitrogen and oxygen atoms in total. The largest absolute Gasteiger partial charge is 0.416 e. The Kier molecular flexibility index (Phi) is 3.26. The number of halogens is 3. The zero-order valence-corrected chi connectivity index (χ0v) is 9.99. The molecule has 1 heterocycles. The molecule has 0 aliphatic rings. The fourth-order valence-corrected chi connectivity index (χ4v) is 1.77. The maximum atomic E-state index is 12.5. The molecule has 1 aromatic heterocycles. The van der Waals surface area contributed by atoms with Crippen LogP contribution in [0.25, 0.3) is 11.1 Å². The van der Waals surface area contributed by atoms with Gasteiger partial charge >= 0.3 is 6.18 Å². The Morgan fingerprint density at radius 3 is 2.16 bits per heavy atom. The number of alkyl halides is 3. The van der Waals surface area contributed by atoms with Crippen LogP contribution in [0.3, 0.4) is 0 Å². The van der Waals surface area contributed by atoms with Crippen molar-refractivity contribution in [3.8, 4) is 17.2 Å². The molecule has 0 bridgehead atoms. The van der Waals surface area contributed by atoms with Crippen LogP contribution >= 0.6 is 0 Å². The third-order valence-corrected chi connectivity index (χ3v) is 2.72. The minimum absolute atomic E-state index is 0.285. The Morgan fingerprint density at radius 2 is 1.68 bits per heavy atom. The van der Waals surface area contributed by atoms with E-state index < -0.39 is 11.7 Å². The van der Waals surface area contributed by atoms with Crippen LogP contribution < -0.4 is 0 Å². The molecule has 0 saturated carbocycles. The number of benzene rings is 1. The van der Waals surface area contributed by atoms with E-state index in [0.29, 0.717) is 16.8 Å². The van der Waals surface area contributed by atoms with Gasteiger partial charge in [0.15, 0.2) is 0 Å². The molecule has 0 amide bonds. The van der Waals surface area contributed by atoms with Crippen LogP contribution in [0, 0.1) is 18.3 Å².